The first kappa shape index (κ1) is 32.2. The summed E-state index contributed by atoms with van der Waals surface area (Å²) in [7, 11) is 0.796. The Balaban J connectivity index is 1.52. The highest BCUT2D eigenvalue weighted by Crippen LogP contribution is 2.59. The smallest absolute Gasteiger partial charge is 0.357 e. The summed E-state index contributed by atoms with van der Waals surface area (Å²) in [6.07, 6.45) is -0.149. The summed E-state index contributed by atoms with van der Waals surface area (Å²) in [5.41, 5.74) is 0.932. The number of carbonyl (C=O) groups excluding carboxylic acids is 3. The van der Waals surface area contributed by atoms with Gasteiger partial charge >= 0.3 is 17.9 Å². The number of ether oxygens (including phenoxy) is 4. The topological polar surface area (TPSA) is 144 Å². The first-order valence-electron chi connectivity index (χ1n) is 15.6. The molecule has 13 nitrogen and oxygen atoms in total. The number of aliphatic imine (C=N–C) groups is 1. The largest absolute Gasteiger partial charge is 0.490 e. The number of sulfonamides is 1. The van der Waals surface area contributed by atoms with Gasteiger partial charge in [-0.05, 0) is 35.7 Å². The number of rotatable bonds is 7. The van der Waals surface area contributed by atoms with E-state index in [1.807, 2.05) is 65.4 Å². The maximum absolute atomic E-state index is 14.9. The first-order chi connectivity index (χ1) is 23.6. The minimum absolute atomic E-state index is 0.111. The van der Waals surface area contributed by atoms with Crippen molar-refractivity contribution in [3.05, 3.63) is 95.2 Å². The molecule has 0 radical (unpaired) electrons. The highest BCUT2D eigenvalue weighted by molar-refractivity contribution is 7.89. The molecule has 4 heterocycles. The molecule has 0 amide bonds. The second-order valence-electron chi connectivity index (χ2n) is 12.1. The van der Waals surface area contributed by atoms with Crippen LogP contribution in [0.1, 0.15) is 17.5 Å². The minimum Gasteiger partial charge on any atom is -0.490 e. The average molecular weight is 687 g/mol. The molecule has 3 aromatic rings. The third kappa shape index (κ3) is 4.76. The third-order valence-corrected chi connectivity index (χ3v) is 11.5. The summed E-state index contributed by atoms with van der Waals surface area (Å²) in [4.78, 5) is 49.4. The predicted octanol–water partition coefficient (Wildman–Crippen LogP) is 2.79. The second kappa shape index (κ2) is 11.9. The van der Waals surface area contributed by atoms with E-state index in [1.54, 1.807) is 12.1 Å². The van der Waals surface area contributed by atoms with Crippen LogP contribution in [0.15, 0.2) is 94.0 Å². The molecule has 0 aromatic heterocycles. The molecule has 4 aliphatic rings. The SMILES string of the molecule is COC(=O)C1=C(C(=O)OC)[C@@H]2N(Cc3ccccc3)c3ccccc3[C@@]23C[C@@H](C(=O)OC)N(S(=O)(=O)c2ccc4c(c2)OCCN4C)C3=N1. The molecule has 0 saturated carbocycles. The fraction of sp³-hybridized carbons (Fsp3) is 0.314. The van der Waals surface area contributed by atoms with Gasteiger partial charge < -0.3 is 28.7 Å². The lowest BCUT2D eigenvalue weighted by atomic mass is 9.69. The normalized spacial score (nSPS) is 22.3. The molecule has 3 atom stereocenters. The van der Waals surface area contributed by atoms with Crippen LogP contribution in [0.2, 0.25) is 0 Å². The maximum atomic E-state index is 14.9. The molecule has 0 unspecified atom stereocenters. The minimum atomic E-state index is -4.59. The molecule has 3 aromatic carbocycles. The molecule has 254 valence electrons. The van der Waals surface area contributed by atoms with E-state index in [9.17, 15) is 22.8 Å². The van der Waals surface area contributed by atoms with Crippen molar-refractivity contribution < 1.29 is 41.7 Å². The number of amidine groups is 1. The van der Waals surface area contributed by atoms with Crippen LogP contribution in [-0.4, -0.2) is 90.1 Å². The van der Waals surface area contributed by atoms with E-state index in [0.717, 1.165) is 17.0 Å². The monoisotopic (exact) mass is 686 g/mol. The Morgan fingerprint density at radius 3 is 2.35 bits per heavy atom. The van der Waals surface area contributed by atoms with Gasteiger partial charge in [-0.2, -0.15) is 0 Å². The van der Waals surface area contributed by atoms with E-state index < -0.39 is 51.1 Å². The van der Waals surface area contributed by atoms with Gasteiger partial charge in [0, 0.05) is 25.3 Å². The molecular formula is C35H34N4O9S. The van der Waals surface area contributed by atoms with Crippen LogP contribution >= 0.6 is 0 Å². The molecular weight excluding hydrogens is 652 g/mol. The van der Waals surface area contributed by atoms with Gasteiger partial charge in [0.15, 0.2) is 5.70 Å². The second-order valence-corrected chi connectivity index (χ2v) is 13.9. The summed E-state index contributed by atoms with van der Waals surface area (Å²) in [5.74, 6) is -2.39. The lowest BCUT2D eigenvalue weighted by Gasteiger charge is -2.40. The van der Waals surface area contributed by atoms with Crippen molar-refractivity contribution in [1.29, 1.82) is 0 Å². The van der Waals surface area contributed by atoms with Crippen LogP contribution < -0.4 is 14.5 Å². The summed E-state index contributed by atoms with van der Waals surface area (Å²) in [5, 5.41) is 0. The molecule has 1 spiro atoms. The van der Waals surface area contributed by atoms with Gasteiger partial charge in [-0.1, -0.05) is 48.5 Å². The number of methoxy groups -OCH3 is 3. The lowest BCUT2D eigenvalue weighted by molar-refractivity contribution is -0.144. The number of carbonyl (C=O) groups is 3. The number of benzene rings is 3. The number of hydrogen-bond donors (Lipinski definition) is 0. The van der Waals surface area contributed by atoms with Crippen LogP contribution in [-0.2, 0) is 50.6 Å². The first-order valence-corrected chi connectivity index (χ1v) is 17.0. The number of esters is 3. The van der Waals surface area contributed by atoms with E-state index >= 15 is 0 Å². The number of fused-ring (bicyclic) bond motifs is 2. The van der Waals surface area contributed by atoms with Gasteiger partial charge in [-0.25, -0.2) is 32.1 Å². The maximum Gasteiger partial charge on any atom is 0.357 e. The fourth-order valence-corrected chi connectivity index (χ4v) is 9.17. The van der Waals surface area contributed by atoms with Crippen molar-refractivity contribution in [2.24, 2.45) is 4.99 Å². The Labute approximate surface area is 283 Å². The molecule has 49 heavy (non-hydrogen) atoms. The molecule has 14 heteroatoms. The average Bonchev–Trinajstić information content (AvgIpc) is 3.62. The van der Waals surface area contributed by atoms with Gasteiger partial charge in [0.2, 0.25) is 0 Å². The molecule has 7 rings (SSSR count). The van der Waals surface area contributed by atoms with Crippen molar-refractivity contribution in [2.45, 2.75) is 35.4 Å². The van der Waals surface area contributed by atoms with E-state index in [4.69, 9.17) is 18.9 Å². The molecule has 1 fully saturated rings. The highest BCUT2D eigenvalue weighted by atomic mass is 32.2. The predicted molar refractivity (Wildman–Crippen MR) is 178 cm³/mol. The zero-order valence-corrected chi connectivity index (χ0v) is 28.1. The van der Waals surface area contributed by atoms with Crippen molar-refractivity contribution in [3.63, 3.8) is 0 Å². The Morgan fingerprint density at radius 2 is 1.63 bits per heavy atom. The van der Waals surface area contributed by atoms with Gasteiger partial charge in [-0.15, -0.1) is 0 Å². The number of likely N-dealkylation sites (N-methyl/N-ethyl adjacent to an activating group) is 1. The summed E-state index contributed by atoms with van der Waals surface area (Å²) in [6, 6.07) is 18.9. The number of anilines is 2. The van der Waals surface area contributed by atoms with E-state index in [1.165, 1.54) is 26.4 Å². The van der Waals surface area contributed by atoms with Crippen LogP contribution in [0.3, 0.4) is 0 Å². The van der Waals surface area contributed by atoms with Crippen molar-refractivity contribution in [2.75, 3.05) is 51.3 Å². The Bertz CT molecular complexity index is 2050. The van der Waals surface area contributed by atoms with E-state index in [0.29, 0.717) is 35.8 Å². The van der Waals surface area contributed by atoms with Gasteiger partial charge in [0.25, 0.3) is 10.0 Å². The zero-order valence-electron chi connectivity index (χ0n) is 27.3. The summed E-state index contributed by atoms with van der Waals surface area (Å²) in [6.45, 7) is 1.24. The van der Waals surface area contributed by atoms with E-state index in [2.05, 4.69) is 4.99 Å². The number of para-hydroxylation sites is 1. The quantitative estimate of drug-likeness (QED) is 0.267. The van der Waals surface area contributed by atoms with Gasteiger partial charge in [-0.3, -0.25) is 0 Å². The van der Waals surface area contributed by atoms with Crippen LogP contribution in [0, 0.1) is 0 Å². The third-order valence-electron chi connectivity index (χ3n) is 9.66. The Morgan fingerprint density at radius 1 is 0.918 bits per heavy atom. The molecule has 0 bridgehead atoms. The Kier molecular flexibility index (Phi) is 7.85. The van der Waals surface area contributed by atoms with Crippen LogP contribution in [0.5, 0.6) is 5.75 Å². The fourth-order valence-electron chi connectivity index (χ4n) is 7.52. The highest BCUT2D eigenvalue weighted by Gasteiger charge is 2.68. The summed E-state index contributed by atoms with van der Waals surface area (Å²) < 4.78 is 52.1. The van der Waals surface area contributed by atoms with Crippen molar-refractivity contribution >= 4 is 45.1 Å². The van der Waals surface area contributed by atoms with Gasteiger partial charge in [0.05, 0.1) is 55.5 Å². The molecule has 1 saturated heterocycles. The Hall–Kier alpha value is -5.37. The summed E-state index contributed by atoms with van der Waals surface area (Å²) >= 11 is 0. The molecule has 0 N–H and O–H groups in total. The zero-order chi connectivity index (χ0) is 34.7. The molecule has 4 aliphatic heterocycles. The van der Waals surface area contributed by atoms with E-state index in [-0.39, 0.29) is 29.3 Å². The lowest BCUT2D eigenvalue weighted by Crippen LogP contribution is -2.55. The van der Waals surface area contributed by atoms with Crippen LogP contribution in [0.4, 0.5) is 11.4 Å². The number of hydrogen-bond acceptors (Lipinski definition) is 12. The van der Waals surface area contributed by atoms with Crippen molar-refractivity contribution in [3.8, 4) is 5.75 Å². The standard InChI is InChI=1S/C35H34N4O9S/c1-37-16-17-48-27-18-22(14-15-25(27)37)49(43,44)39-26(31(40)45-2)19-35-23-12-8-9-13-24(23)38(20-21-10-6-5-7-11-21)30(35)28(32(41)46-3)29(33(42)47-4)36-34(35)39/h5-15,18,26,30H,16-17,19-20H2,1-4H3/t26-,30-,35-/m0/s1. The molecule has 0 aliphatic carbocycles. The number of nitrogens with zero attached hydrogens (tertiary/aromatic N) is 4. The van der Waals surface area contributed by atoms with Crippen molar-refractivity contribution in [1.82, 2.24) is 4.31 Å². The van der Waals surface area contributed by atoms with Gasteiger partial charge in [0.1, 0.15) is 24.2 Å². The van der Waals surface area contributed by atoms with Crippen LogP contribution in [0.25, 0.3) is 0 Å².